The summed E-state index contributed by atoms with van der Waals surface area (Å²) in [6.07, 6.45) is 0.980. The van der Waals surface area contributed by atoms with Crippen LogP contribution in [0.15, 0.2) is 108 Å². The highest BCUT2D eigenvalue weighted by Crippen LogP contribution is 2.27. The fourth-order valence-corrected chi connectivity index (χ4v) is 6.53. The first-order valence-electron chi connectivity index (χ1n) is 15.4. The highest BCUT2D eigenvalue weighted by atomic mass is 32.2. The number of hydrogen-bond donors (Lipinski definition) is 1. The summed E-state index contributed by atoms with van der Waals surface area (Å²) in [4.78, 5) is 30.1. The Kier molecular flexibility index (Phi) is 11.6. The molecule has 0 aliphatic carbocycles. The highest BCUT2D eigenvalue weighted by Gasteiger charge is 2.35. The van der Waals surface area contributed by atoms with Crippen molar-refractivity contribution in [3.05, 3.63) is 125 Å². The number of ether oxygens (including phenoxy) is 1. The molecule has 9 heteroatoms. The van der Waals surface area contributed by atoms with Crippen LogP contribution in [-0.2, 0) is 32.6 Å². The van der Waals surface area contributed by atoms with Crippen LogP contribution in [0.2, 0.25) is 0 Å². The lowest BCUT2D eigenvalue weighted by atomic mass is 10.0. The molecule has 0 fully saturated rings. The van der Waals surface area contributed by atoms with Gasteiger partial charge in [0, 0.05) is 19.0 Å². The second kappa shape index (κ2) is 15.6. The summed E-state index contributed by atoms with van der Waals surface area (Å²) in [5, 5.41) is 3.06. The smallest absolute Gasteiger partial charge is 0.264 e. The average molecular weight is 642 g/mol. The van der Waals surface area contributed by atoms with Crippen molar-refractivity contribution >= 4 is 27.5 Å². The summed E-state index contributed by atoms with van der Waals surface area (Å²) in [6, 6.07) is 29.3. The van der Waals surface area contributed by atoms with E-state index in [1.54, 1.807) is 36.4 Å². The monoisotopic (exact) mass is 641 g/mol. The normalized spacial score (nSPS) is 12.5. The molecule has 4 aromatic carbocycles. The van der Waals surface area contributed by atoms with Gasteiger partial charge in [-0.15, -0.1) is 0 Å². The van der Waals surface area contributed by atoms with E-state index in [1.807, 2.05) is 82.3 Å². The standard InChI is InChI=1S/C37H43N3O5S/c1-6-29(4)38-37(42)35(24-30-12-8-7-9-13-30)39(25-31-14-10-11-28(3)23-31)36(41)26-40(32-17-15-27(2)16-18-32)46(43,44)34-21-19-33(45-5)20-22-34/h7-23,29,35H,6,24-26H2,1-5H3,(H,38,42)/t29-,35+/m1/s1. The maximum Gasteiger partial charge on any atom is 0.264 e. The highest BCUT2D eigenvalue weighted by molar-refractivity contribution is 7.92. The van der Waals surface area contributed by atoms with Gasteiger partial charge in [-0.1, -0.05) is 84.8 Å². The van der Waals surface area contributed by atoms with Gasteiger partial charge in [0.15, 0.2) is 0 Å². The third kappa shape index (κ3) is 8.75. The van der Waals surface area contributed by atoms with Crippen LogP contribution in [0.25, 0.3) is 0 Å². The Labute approximate surface area is 273 Å². The quantitative estimate of drug-likeness (QED) is 0.181. The van der Waals surface area contributed by atoms with E-state index in [-0.39, 0.29) is 29.8 Å². The number of carbonyl (C=O) groups excluding carboxylic acids is 2. The van der Waals surface area contributed by atoms with Crippen molar-refractivity contribution in [1.29, 1.82) is 0 Å². The predicted molar refractivity (Wildman–Crippen MR) is 182 cm³/mol. The van der Waals surface area contributed by atoms with Gasteiger partial charge in [0.05, 0.1) is 17.7 Å². The van der Waals surface area contributed by atoms with Gasteiger partial charge in [0.2, 0.25) is 11.8 Å². The van der Waals surface area contributed by atoms with E-state index in [4.69, 9.17) is 4.74 Å². The number of methoxy groups -OCH3 is 1. The minimum absolute atomic E-state index is 0.0160. The predicted octanol–water partition coefficient (Wildman–Crippen LogP) is 6.06. The zero-order valence-corrected chi connectivity index (χ0v) is 28.0. The van der Waals surface area contributed by atoms with Crippen LogP contribution >= 0.6 is 0 Å². The van der Waals surface area contributed by atoms with Crippen LogP contribution in [0.1, 0.15) is 42.5 Å². The van der Waals surface area contributed by atoms with Crippen LogP contribution in [0.5, 0.6) is 5.75 Å². The molecular formula is C37H43N3O5S. The maximum absolute atomic E-state index is 14.6. The van der Waals surface area contributed by atoms with Crippen LogP contribution in [0.3, 0.4) is 0 Å². The van der Waals surface area contributed by atoms with Gasteiger partial charge in [-0.3, -0.25) is 13.9 Å². The Morgan fingerprint density at radius 3 is 2.09 bits per heavy atom. The number of nitrogens with one attached hydrogen (secondary N) is 1. The molecular weight excluding hydrogens is 598 g/mol. The number of nitrogens with zero attached hydrogens (tertiary/aromatic N) is 2. The first-order chi connectivity index (χ1) is 22.0. The fourth-order valence-electron chi connectivity index (χ4n) is 5.12. The summed E-state index contributed by atoms with van der Waals surface area (Å²) < 4.78 is 34.7. The number of aryl methyl sites for hydroxylation is 2. The summed E-state index contributed by atoms with van der Waals surface area (Å²) in [5.41, 5.74) is 4.02. The SMILES string of the molecule is CC[C@@H](C)NC(=O)[C@H](Cc1ccccc1)N(Cc1cccc(C)c1)C(=O)CN(c1ccc(C)cc1)S(=O)(=O)c1ccc(OC)cc1. The van der Waals surface area contributed by atoms with E-state index < -0.39 is 28.5 Å². The largest absolute Gasteiger partial charge is 0.497 e. The summed E-state index contributed by atoms with van der Waals surface area (Å²) in [5.74, 6) is -0.282. The van der Waals surface area contributed by atoms with E-state index in [1.165, 1.54) is 24.1 Å². The average Bonchev–Trinajstić information content (AvgIpc) is 3.06. The molecule has 0 aliphatic heterocycles. The van der Waals surface area contributed by atoms with Crippen LogP contribution in [-0.4, -0.2) is 50.9 Å². The number of amides is 2. The third-order valence-electron chi connectivity index (χ3n) is 7.96. The summed E-state index contributed by atoms with van der Waals surface area (Å²) in [6.45, 7) is 7.39. The molecule has 0 aromatic heterocycles. The van der Waals surface area contributed by atoms with Gasteiger partial charge in [-0.05, 0) is 74.7 Å². The number of hydrogen-bond acceptors (Lipinski definition) is 5. The van der Waals surface area contributed by atoms with Crippen LogP contribution in [0, 0.1) is 13.8 Å². The van der Waals surface area contributed by atoms with Crippen molar-refractivity contribution < 1.29 is 22.7 Å². The van der Waals surface area contributed by atoms with Crippen molar-refractivity contribution in [3.8, 4) is 5.75 Å². The first kappa shape index (κ1) is 34.2. The number of sulfonamides is 1. The molecule has 0 spiro atoms. The summed E-state index contributed by atoms with van der Waals surface area (Å²) in [7, 11) is -2.69. The molecule has 0 unspecified atom stereocenters. The molecule has 8 nitrogen and oxygen atoms in total. The molecule has 2 amide bonds. The second-order valence-electron chi connectivity index (χ2n) is 11.6. The minimum Gasteiger partial charge on any atom is -0.497 e. The van der Waals surface area contributed by atoms with Gasteiger partial charge in [0.1, 0.15) is 18.3 Å². The molecule has 0 saturated heterocycles. The van der Waals surface area contributed by atoms with Crippen molar-refractivity contribution in [2.24, 2.45) is 0 Å². The molecule has 0 aliphatic rings. The Bertz CT molecular complexity index is 1710. The molecule has 46 heavy (non-hydrogen) atoms. The van der Waals surface area contributed by atoms with E-state index in [2.05, 4.69) is 5.32 Å². The Morgan fingerprint density at radius 2 is 1.48 bits per heavy atom. The van der Waals surface area contributed by atoms with Crippen molar-refractivity contribution in [2.75, 3.05) is 18.0 Å². The van der Waals surface area contributed by atoms with Gasteiger partial charge >= 0.3 is 0 Å². The molecule has 4 rings (SSSR count). The molecule has 1 N–H and O–H groups in total. The number of benzene rings is 4. The third-order valence-corrected chi connectivity index (χ3v) is 9.74. The topological polar surface area (TPSA) is 96.0 Å². The first-order valence-corrected chi connectivity index (χ1v) is 16.9. The minimum atomic E-state index is -4.20. The second-order valence-corrected chi connectivity index (χ2v) is 13.4. The van der Waals surface area contributed by atoms with Crippen LogP contribution < -0.4 is 14.4 Å². The van der Waals surface area contributed by atoms with E-state index in [0.717, 1.165) is 33.0 Å². The van der Waals surface area contributed by atoms with Crippen molar-refractivity contribution in [1.82, 2.24) is 10.2 Å². The molecule has 0 saturated carbocycles. The van der Waals surface area contributed by atoms with Gasteiger partial charge in [-0.25, -0.2) is 8.42 Å². The molecule has 0 heterocycles. The molecule has 242 valence electrons. The van der Waals surface area contributed by atoms with E-state index >= 15 is 0 Å². The number of rotatable bonds is 14. The number of anilines is 1. The fraction of sp³-hybridized carbons (Fsp3) is 0.297. The van der Waals surface area contributed by atoms with Crippen LogP contribution in [0.4, 0.5) is 5.69 Å². The lowest BCUT2D eigenvalue weighted by Crippen LogP contribution is -2.54. The van der Waals surface area contributed by atoms with Crippen molar-refractivity contribution in [3.63, 3.8) is 0 Å². The Hall–Kier alpha value is -4.63. The summed E-state index contributed by atoms with van der Waals surface area (Å²) >= 11 is 0. The zero-order chi connectivity index (χ0) is 33.3. The van der Waals surface area contributed by atoms with Gasteiger partial charge < -0.3 is 15.0 Å². The lowest BCUT2D eigenvalue weighted by molar-refractivity contribution is -0.140. The van der Waals surface area contributed by atoms with E-state index in [0.29, 0.717) is 11.4 Å². The molecule has 0 bridgehead atoms. The van der Waals surface area contributed by atoms with E-state index in [9.17, 15) is 18.0 Å². The van der Waals surface area contributed by atoms with Gasteiger partial charge in [-0.2, -0.15) is 0 Å². The molecule has 4 aromatic rings. The Balaban J connectivity index is 1.80. The molecule has 2 atom stereocenters. The van der Waals surface area contributed by atoms with Crippen molar-refractivity contribution in [2.45, 2.75) is 64.1 Å². The molecule has 0 radical (unpaired) electrons. The Morgan fingerprint density at radius 1 is 0.826 bits per heavy atom. The maximum atomic E-state index is 14.6. The zero-order valence-electron chi connectivity index (χ0n) is 27.1. The lowest BCUT2D eigenvalue weighted by Gasteiger charge is -2.34. The van der Waals surface area contributed by atoms with Gasteiger partial charge in [0.25, 0.3) is 10.0 Å². The number of carbonyl (C=O) groups is 2.